The van der Waals surface area contributed by atoms with Gasteiger partial charge in [-0.2, -0.15) is 0 Å². The number of hydrogen-bond donors (Lipinski definition) is 0. The molecule has 2 aliphatic rings. The standard InChI is InChI=1S/C14H19BrN2/c15-12-10-16-8-7-14(12)17-9-3-5-11-4-1-2-6-13(11)17/h7-8,10-11,13H,1-6,9H2. The third-order valence-corrected chi connectivity index (χ3v) is 4.91. The lowest BCUT2D eigenvalue weighted by Gasteiger charge is -2.45. The summed E-state index contributed by atoms with van der Waals surface area (Å²) in [4.78, 5) is 6.79. The van der Waals surface area contributed by atoms with Crippen LogP contribution in [0.2, 0.25) is 0 Å². The van der Waals surface area contributed by atoms with Crippen LogP contribution >= 0.6 is 15.9 Å². The van der Waals surface area contributed by atoms with Gasteiger partial charge < -0.3 is 4.90 Å². The molecule has 0 amide bonds. The molecule has 3 heteroatoms. The molecule has 2 atom stereocenters. The van der Waals surface area contributed by atoms with E-state index in [2.05, 4.69) is 31.9 Å². The second kappa shape index (κ2) is 4.97. The number of piperidine rings is 1. The Labute approximate surface area is 112 Å². The van der Waals surface area contributed by atoms with E-state index in [4.69, 9.17) is 0 Å². The van der Waals surface area contributed by atoms with E-state index in [-0.39, 0.29) is 0 Å². The Morgan fingerprint density at radius 3 is 2.88 bits per heavy atom. The van der Waals surface area contributed by atoms with Crippen molar-refractivity contribution in [1.82, 2.24) is 4.98 Å². The van der Waals surface area contributed by atoms with Crippen LogP contribution in [-0.2, 0) is 0 Å². The molecule has 3 rings (SSSR count). The monoisotopic (exact) mass is 294 g/mol. The van der Waals surface area contributed by atoms with E-state index >= 15 is 0 Å². The summed E-state index contributed by atoms with van der Waals surface area (Å²) in [6, 6.07) is 2.93. The normalized spacial score (nSPS) is 28.9. The van der Waals surface area contributed by atoms with Crippen LogP contribution in [0.15, 0.2) is 22.9 Å². The summed E-state index contributed by atoms with van der Waals surface area (Å²) in [5.74, 6) is 0.928. The van der Waals surface area contributed by atoms with Crippen molar-refractivity contribution in [2.75, 3.05) is 11.4 Å². The van der Waals surface area contributed by atoms with Gasteiger partial charge in [0.25, 0.3) is 0 Å². The Morgan fingerprint density at radius 1 is 1.18 bits per heavy atom. The summed E-state index contributed by atoms with van der Waals surface area (Å²) >= 11 is 3.64. The van der Waals surface area contributed by atoms with Gasteiger partial charge in [0.15, 0.2) is 0 Å². The van der Waals surface area contributed by atoms with E-state index < -0.39 is 0 Å². The molecule has 0 spiro atoms. The predicted octanol–water partition coefficient (Wildman–Crippen LogP) is 4.00. The maximum Gasteiger partial charge on any atom is 0.0592 e. The molecule has 2 unspecified atom stereocenters. The van der Waals surface area contributed by atoms with Crippen LogP contribution in [-0.4, -0.2) is 17.6 Å². The number of hydrogen-bond acceptors (Lipinski definition) is 2. The lowest BCUT2D eigenvalue weighted by molar-refractivity contribution is 0.243. The van der Waals surface area contributed by atoms with Gasteiger partial charge in [0.1, 0.15) is 0 Å². The number of rotatable bonds is 1. The summed E-state index contributed by atoms with van der Waals surface area (Å²) in [6.45, 7) is 1.21. The number of pyridine rings is 1. The molecule has 0 N–H and O–H groups in total. The van der Waals surface area contributed by atoms with Crippen molar-refractivity contribution in [2.45, 2.75) is 44.6 Å². The average Bonchev–Trinajstić information content (AvgIpc) is 2.39. The summed E-state index contributed by atoms with van der Waals surface area (Å²) in [7, 11) is 0. The van der Waals surface area contributed by atoms with Gasteiger partial charge in [-0.15, -0.1) is 0 Å². The number of fused-ring (bicyclic) bond motifs is 1. The Kier molecular flexibility index (Phi) is 3.37. The maximum atomic E-state index is 4.17. The third-order valence-electron chi connectivity index (χ3n) is 4.30. The van der Waals surface area contributed by atoms with E-state index in [9.17, 15) is 0 Å². The fourth-order valence-corrected chi connectivity index (χ4v) is 4.00. The molecule has 1 aliphatic carbocycles. The maximum absolute atomic E-state index is 4.17. The topological polar surface area (TPSA) is 16.1 Å². The van der Waals surface area contributed by atoms with Crippen molar-refractivity contribution < 1.29 is 0 Å². The van der Waals surface area contributed by atoms with Gasteiger partial charge in [-0.25, -0.2) is 0 Å². The molecular formula is C14H19BrN2. The molecule has 92 valence electrons. The molecule has 2 heterocycles. The molecule has 1 aromatic rings. The van der Waals surface area contributed by atoms with Crippen molar-refractivity contribution in [2.24, 2.45) is 5.92 Å². The van der Waals surface area contributed by atoms with Gasteiger partial charge >= 0.3 is 0 Å². The zero-order valence-corrected chi connectivity index (χ0v) is 11.7. The zero-order chi connectivity index (χ0) is 11.7. The first-order valence-electron chi connectivity index (χ1n) is 6.72. The fraction of sp³-hybridized carbons (Fsp3) is 0.643. The van der Waals surface area contributed by atoms with Crippen molar-refractivity contribution in [3.05, 3.63) is 22.9 Å². The molecule has 1 saturated heterocycles. The molecule has 2 nitrogen and oxygen atoms in total. The average molecular weight is 295 g/mol. The molecule has 1 saturated carbocycles. The highest BCUT2D eigenvalue weighted by Crippen LogP contribution is 2.39. The minimum Gasteiger partial charge on any atom is -0.367 e. The first-order valence-corrected chi connectivity index (χ1v) is 7.52. The lowest BCUT2D eigenvalue weighted by Crippen LogP contribution is -2.47. The zero-order valence-electron chi connectivity index (χ0n) is 10.1. The highest BCUT2D eigenvalue weighted by molar-refractivity contribution is 9.10. The largest absolute Gasteiger partial charge is 0.367 e. The highest BCUT2D eigenvalue weighted by atomic mass is 79.9. The van der Waals surface area contributed by atoms with Crippen molar-refractivity contribution >= 4 is 21.6 Å². The number of aromatic nitrogens is 1. The molecule has 2 fully saturated rings. The van der Waals surface area contributed by atoms with Gasteiger partial charge in [-0.05, 0) is 53.6 Å². The second-order valence-electron chi connectivity index (χ2n) is 5.27. The van der Waals surface area contributed by atoms with Gasteiger partial charge in [0.05, 0.1) is 10.2 Å². The smallest absolute Gasteiger partial charge is 0.0592 e. The van der Waals surface area contributed by atoms with Crippen molar-refractivity contribution in [1.29, 1.82) is 0 Å². The van der Waals surface area contributed by atoms with Crippen molar-refractivity contribution in [3.8, 4) is 0 Å². The molecule has 1 aliphatic heterocycles. The Bertz CT molecular complexity index is 392. The summed E-state index contributed by atoms with van der Waals surface area (Å²) in [5, 5.41) is 0. The second-order valence-corrected chi connectivity index (χ2v) is 6.13. The van der Waals surface area contributed by atoms with Crippen LogP contribution < -0.4 is 4.90 Å². The first-order chi connectivity index (χ1) is 8.36. The van der Waals surface area contributed by atoms with E-state index in [1.807, 2.05) is 12.4 Å². The first kappa shape index (κ1) is 11.5. The molecular weight excluding hydrogens is 276 g/mol. The van der Waals surface area contributed by atoms with Crippen LogP contribution in [0.3, 0.4) is 0 Å². The molecule has 0 radical (unpaired) electrons. The Morgan fingerprint density at radius 2 is 2.00 bits per heavy atom. The van der Waals surface area contributed by atoms with Gasteiger partial charge in [-0.1, -0.05) is 12.8 Å². The number of anilines is 1. The predicted molar refractivity (Wildman–Crippen MR) is 74.3 cm³/mol. The fourth-order valence-electron chi connectivity index (χ4n) is 3.52. The van der Waals surface area contributed by atoms with E-state index in [0.717, 1.165) is 16.4 Å². The molecule has 0 aromatic carbocycles. The quantitative estimate of drug-likeness (QED) is 0.778. The minimum absolute atomic E-state index is 0.774. The van der Waals surface area contributed by atoms with Gasteiger partial charge in [0, 0.05) is 25.0 Å². The van der Waals surface area contributed by atoms with Crippen LogP contribution in [0, 0.1) is 5.92 Å². The van der Waals surface area contributed by atoms with Crippen LogP contribution in [0.1, 0.15) is 38.5 Å². The van der Waals surface area contributed by atoms with E-state index in [0.29, 0.717) is 0 Å². The van der Waals surface area contributed by atoms with Gasteiger partial charge in [0.2, 0.25) is 0 Å². The summed E-state index contributed by atoms with van der Waals surface area (Å²) in [5.41, 5.74) is 1.34. The number of nitrogens with zero attached hydrogens (tertiary/aromatic N) is 2. The molecule has 0 bridgehead atoms. The Hall–Kier alpha value is -0.570. The minimum atomic E-state index is 0.774. The SMILES string of the molecule is Brc1cnccc1N1CCCC2CCCCC21. The van der Waals surface area contributed by atoms with Crippen LogP contribution in [0.4, 0.5) is 5.69 Å². The molecule has 17 heavy (non-hydrogen) atoms. The van der Waals surface area contributed by atoms with Crippen LogP contribution in [0.25, 0.3) is 0 Å². The lowest BCUT2D eigenvalue weighted by atomic mass is 9.78. The van der Waals surface area contributed by atoms with Crippen molar-refractivity contribution in [3.63, 3.8) is 0 Å². The van der Waals surface area contributed by atoms with Crippen LogP contribution in [0.5, 0.6) is 0 Å². The van der Waals surface area contributed by atoms with E-state index in [1.54, 1.807) is 0 Å². The Balaban J connectivity index is 1.88. The summed E-state index contributed by atoms with van der Waals surface area (Å²) < 4.78 is 1.14. The van der Waals surface area contributed by atoms with Gasteiger partial charge in [-0.3, -0.25) is 4.98 Å². The third kappa shape index (κ3) is 2.22. The molecule has 1 aromatic heterocycles. The highest BCUT2D eigenvalue weighted by Gasteiger charge is 2.33. The number of halogens is 1. The van der Waals surface area contributed by atoms with E-state index in [1.165, 1.54) is 50.8 Å². The summed E-state index contributed by atoms with van der Waals surface area (Å²) in [6.07, 6.45) is 12.3.